The minimum absolute atomic E-state index is 0.0219. The van der Waals surface area contributed by atoms with E-state index in [0.29, 0.717) is 12.5 Å². The van der Waals surface area contributed by atoms with Gasteiger partial charge in [0.25, 0.3) is 0 Å². The Labute approximate surface area is 106 Å². The van der Waals surface area contributed by atoms with E-state index in [-0.39, 0.29) is 12.5 Å². The molecule has 1 amide bonds. The molecule has 5 heteroatoms. The number of fused-ring (bicyclic) bond motifs is 1. The van der Waals surface area contributed by atoms with E-state index in [1.165, 1.54) is 0 Å². The van der Waals surface area contributed by atoms with E-state index >= 15 is 0 Å². The van der Waals surface area contributed by atoms with Gasteiger partial charge in [-0.15, -0.1) is 5.10 Å². The summed E-state index contributed by atoms with van der Waals surface area (Å²) in [6, 6.07) is 7.62. The molecule has 0 aliphatic heterocycles. The van der Waals surface area contributed by atoms with E-state index < -0.39 is 0 Å². The molecule has 18 heavy (non-hydrogen) atoms. The predicted molar refractivity (Wildman–Crippen MR) is 70.0 cm³/mol. The fraction of sp³-hybridized carbons (Fsp3) is 0.462. The third-order valence-corrected chi connectivity index (χ3v) is 2.76. The lowest BCUT2D eigenvalue weighted by atomic mass is 10.1. The van der Waals surface area contributed by atoms with E-state index in [1.54, 1.807) is 4.68 Å². The van der Waals surface area contributed by atoms with Crippen LogP contribution in [0.3, 0.4) is 0 Å². The van der Waals surface area contributed by atoms with E-state index in [2.05, 4.69) is 29.5 Å². The van der Waals surface area contributed by atoms with Crippen LogP contribution in [0.1, 0.15) is 20.3 Å². The first kappa shape index (κ1) is 12.5. The van der Waals surface area contributed by atoms with Crippen LogP contribution < -0.4 is 5.32 Å². The van der Waals surface area contributed by atoms with Crippen LogP contribution in [-0.2, 0) is 11.3 Å². The Morgan fingerprint density at radius 2 is 2.17 bits per heavy atom. The number of hydrogen-bond acceptors (Lipinski definition) is 3. The largest absolute Gasteiger partial charge is 0.354 e. The Kier molecular flexibility index (Phi) is 3.92. The minimum Gasteiger partial charge on any atom is -0.354 e. The molecule has 0 fully saturated rings. The highest BCUT2D eigenvalue weighted by Gasteiger charge is 2.07. The van der Waals surface area contributed by atoms with Gasteiger partial charge < -0.3 is 5.32 Å². The standard InChI is InChI=1S/C13H18N4O/c1-10(2)7-8-14-13(18)9-17-12-6-4-3-5-11(12)15-16-17/h3-6,10H,7-9H2,1-2H3,(H,14,18). The Bertz CT molecular complexity index is 533. The molecule has 0 saturated carbocycles. The number of nitrogens with one attached hydrogen (secondary N) is 1. The average molecular weight is 246 g/mol. The maximum Gasteiger partial charge on any atom is 0.241 e. The second-order valence-corrected chi connectivity index (χ2v) is 4.77. The summed E-state index contributed by atoms with van der Waals surface area (Å²) < 4.78 is 1.63. The molecule has 1 aromatic heterocycles. The molecule has 0 radical (unpaired) electrons. The highest BCUT2D eigenvalue weighted by Crippen LogP contribution is 2.09. The molecule has 0 aliphatic rings. The maximum atomic E-state index is 11.7. The van der Waals surface area contributed by atoms with Crippen molar-refractivity contribution in [1.82, 2.24) is 20.3 Å². The van der Waals surface area contributed by atoms with Gasteiger partial charge in [-0.3, -0.25) is 4.79 Å². The van der Waals surface area contributed by atoms with E-state index in [9.17, 15) is 4.79 Å². The number of aromatic nitrogens is 3. The zero-order chi connectivity index (χ0) is 13.0. The quantitative estimate of drug-likeness (QED) is 0.871. The number of carbonyl (C=O) groups is 1. The lowest BCUT2D eigenvalue weighted by Crippen LogP contribution is -2.29. The summed E-state index contributed by atoms with van der Waals surface area (Å²) in [7, 11) is 0. The lowest BCUT2D eigenvalue weighted by molar-refractivity contribution is -0.121. The first-order valence-electron chi connectivity index (χ1n) is 6.21. The first-order valence-corrected chi connectivity index (χ1v) is 6.21. The third kappa shape index (κ3) is 3.06. The van der Waals surface area contributed by atoms with E-state index in [0.717, 1.165) is 17.5 Å². The summed E-state index contributed by atoms with van der Waals surface area (Å²) >= 11 is 0. The summed E-state index contributed by atoms with van der Waals surface area (Å²) in [6.07, 6.45) is 0.990. The SMILES string of the molecule is CC(C)CCNC(=O)Cn1nnc2ccccc21. The van der Waals surface area contributed by atoms with Crippen molar-refractivity contribution in [1.29, 1.82) is 0 Å². The van der Waals surface area contributed by atoms with Crippen LogP contribution in [0.5, 0.6) is 0 Å². The second-order valence-electron chi connectivity index (χ2n) is 4.77. The Morgan fingerprint density at radius 1 is 1.39 bits per heavy atom. The molecule has 2 aromatic rings. The van der Waals surface area contributed by atoms with Crippen LogP contribution in [0, 0.1) is 5.92 Å². The first-order chi connectivity index (χ1) is 8.66. The van der Waals surface area contributed by atoms with Gasteiger partial charge in [0, 0.05) is 6.54 Å². The van der Waals surface area contributed by atoms with Gasteiger partial charge in [-0.1, -0.05) is 31.2 Å². The van der Waals surface area contributed by atoms with E-state index in [4.69, 9.17) is 0 Å². The smallest absolute Gasteiger partial charge is 0.241 e. The molecule has 1 N–H and O–H groups in total. The molecule has 0 bridgehead atoms. The molecule has 0 atom stereocenters. The molecule has 2 rings (SSSR count). The molecular formula is C13H18N4O. The minimum atomic E-state index is -0.0219. The van der Waals surface area contributed by atoms with Gasteiger partial charge in [0.15, 0.2) is 0 Å². The van der Waals surface area contributed by atoms with Crippen LogP contribution >= 0.6 is 0 Å². The van der Waals surface area contributed by atoms with Gasteiger partial charge in [-0.25, -0.2) is 4.68 Å². The van der Waals surface area contributed by atoms with Crippen LogP contribution in [0.2, 0.25) is 0 Å². The predicted octanol–water partition coefficient (Wildman–Crippen LogP) is 1.59. The molecule has 0 spiro atoms. The van der Waals surface area contributed by atoms with Crippen LogP contribution in [0.25, 0.3) is 11.0 Å². The average Bonchev–Trinajstić information content (AvgIpc) is 2.72. The van der Waals surface area contributed by atoms with Crippen molar-refractivity contribution in [3.63, 3.8) is 0 Å². The zero-order valence-electron chi connectivity index (χ0n) is 10.8. The topological polar surface area (TPSA) is 59.8 Å². The zero-order valence-corrected chi connectivity index (χ0v) is 10.8. The van der Waals surface area contributed by atoms with Crippen LogP contribution in [-0.4, -0.2) is 27.4 Å². The summed E-state index contributed by atoms with van der Waals surface area (Å²) in [5, 5.41) is 10.9. The van der Waals surface area contributed by atoms with Gasteiger partial charge >= 0.3 is 0 Å². The number of para-hydroxylation sites is 1. The fourth-order valence-corrected chi connectivity index (χ4v) is 1.73. The van der Waals surface area contributed by atoms with Crippen molar-refractivity contribution in [3.05, 3.63) is 24.3 Å². The summed E-state index contributed by atoms with van der Waals surface area (Å²) in [6.45, 7) is 5.20. The monoisotopic (exact) mass is 246 g/mol. The van der Waals surface area contributed by atoms with Gasteiger partial charge in [0.05, 0.1) is 5.52 Å². The Balaban J connectivity index is 1.95. The molecule has 1 aromatic carbocycles. The second kappa shape index (κ2) is 5.62. The van der Waals surface area contributed by atoms with Crippen LogP contribution in [0.15, 0.2) is 24.3 Å². The number of amides is 1. The Hall–Kier alpha value is -1.91. The summed E-state index contributed by atoms with van der Waals surface area (Å²) in [4.78, 5) is 11.7. The van der Waals surface area contributed by atoms with Gasteiger partial charge in [0.1, 0.15) is 12.1 Å². The van der Waals surface area contributed by atoms with Gasteiger partial charge in [-0.05, 0) is 24.5 Å². The molecule has 0 saturated heterocycles. The fourth-order valence-electron chi connectivity index (χ4n) is 1.73. The molecule has 0 unspecified atom stereocenters. The Morgan fingerprint density at radius 3 is 2.94 bits per heavy atom. The number of nitrogens with zero attached hydrogens (tertiary/aromatic N) is 3. The van der Waals surface area contributed by atoms with Gasteiger partial charge in [-0.2, -0.15) is 0 Å². The molecule has 5 nitrogen and oxygen atoms in total. The molecule has 0 aliphatic carbocycles. The van der Waals surface area contributed by atoms with Gasteiger partial charge in [0.2, 0.25) is 5.91 Å². The van der Waals surface area contributed by atoms with Crippen molar-refractivity contribution in [2.75, 3.05) is 6.54 Å². The summed E-state index contributed by atoms with van der Waals surface area (Å²) in [5.74, 6) is 0.573. The number of benzene rings is 1. The number of hydrogen-bond donors (Lipinski definition) is 1. The maximum absolute atomic E-state index is 11.7. The molecular weight excluding hydrogens is 228 g/mol. The molecule has 1 heterocycles. The van der Waals surface area contributed by atoms with Crippen molar-refractivity contribution in [2.45, 2.75) is 26.8 Å². The van der Waals surface area contributed by atoms with Crippen molar-refractivity contribution in [2.24, 2.45) is 5.92 Å². The number of carbonyl (C=O) groups excluding carboxylic acids is 1. The van der Waals surface area contributed by atoms with Crippen LogP contribution in [0.4, 0.5) is 0 Å². The van der Waals surface area contributed by atoms with Crippen molar-refractivity contribution >= 4 is 16.9 Å². The summed E-state index contributed by atoms with van der Waals surface area (Å²) in [5.41, 5.74) is 1.70. The van der Waals surface area contributed by atoms with Crippen molar-refractivity contribution < 1.29 is 4.79 Å². The third-order valence-electron chi connectivity index (χ3n) is 2.76. The normalized spacial score (nSPS) is 11.1. The van der Waals surface area contributed by atoms with Crippen molar-refractivity contribution in [3.8, 4) is 0 Å². The van der Waals surface area contributed by atoms with E-state index in [1.807, 2.05) is 24.3 Å². The molecule has 96 valence electrons. The lowest BCUT2D eigenvalue weighted by Gasteiger charge is -2.07. The highest BCUT2D eigenvalue weighted by molar-refractivity contribution is 5.79. The highest BCUT2D eigenvalue weighted by atomic mass is 16.2. The number of rotatable bonds is 5.